The maximum absolute atomic E-state index is 14.0. The largest absolute Gasteiger partial charge is 0.481 e. The molecule has 21 heavy (non-hydrogen) atoms. The van der Waals surface area contributed by atoms with Crippen molar-refractivity contribution >= 4 is 17.6 Å². The third kappa shape index (κ3) is 4.38. The van der Waals surface area contributed by atoms with E-state index in [9.17, 15) is 13.6 Å². The van der Waals surface area contributed by atoms with E-state index in [-0.39, 0.29) is 17.5 Å². The van der Waals surface area contributed by atoms with Crippen LogP contribution >= 0.6 is 11.6 Å². The van der Waals surface area contributed by atoms with Gasteiger partial charge in [-0.1, -0.05) is 23.7 Å². The van der Waals surface area contributed by atoms with Crippen LogP contribution in [-0.4, -0.2) is 23.7 Å². The summed E-state index contributed by atoms with van der Waals surface area (Å²) in [5.74, 6) is -4.09. The number of hydrogen-bond donors (Lipinski definition) is 2. The Balaban J connectivity index is 1.85. The molecular weight excluding hydrogens is 300 g/mol. The summed E-state index contributed by atoms with van der Waals surface area (Å²) in [4.78, 5) is 10.8. The summed E-state index contributed by atoms with van der Waals surface area (Å²) in [5.41, 5.74) is -0.0707. The Kier molecular flexibility index (Phi) is 5.17. The van der Waals surface area contributed by atoms with Crippen molar-refractivity contribution in [2.75, 3.05) is 6.54 Å². The van der Waals surface area contributed by atoms with Crippen molar-refractivity contribution in [1.82, 2.24) is 5.32 Å². The summed E-state index contributed by atoms with van der Waals surface area (Å²) >= 11 is 5.69. The molecule has 0 spiro atoms. The van der Waals surface area contributed by atoms with E-state index in [1.165, 1.54) is 24.3 Å². The molecule has 0 radical (unpaired) electrons. The maximum atomic E-state index is 14.0. The molecule has 0 unspecified atom stereocenters. The second kappa shape index (κ2) is 6.71. The van der Waals surface area contributed by atoms with E-state index in [2.05, 4.69) is 5.32 Å². The second-order valence-electron chi connectivity index (χ2n) is 5.48. The predicted octanol–water partition coefficient (Wildman–Crippen LogP) is 3.66. The Morgan fingerprint density at radius 3 is 2.33 bits per heavy atom. The van der Waals surface area contributed by atoms with Crippen molar-refractivity contribution in [2.45, 2.75) is 37.6 Å². The third-order valence-electron chi connectivity index (χ3n) is 3.96. The third-order valence-corrected chi connectivity index (χ3v) is 4.21. The summed E-state index contributed by atoms with van der Waals surface area (Å²) in [7, 11) is 0. The van der Waals surface area contributed by atoms with Crippen LogP contribution in [0.3, 0.4) is 0 Å². The molecule has 0 aromatic heterocycles. The van der Waals surface area contributed by atoms with Gasteiger partial charge in [-0.15, -0.1) is 0 Å². The van der Waals surface area contributed by atoms with Crippen LogP contribution in [-0.2, 0) is 10.7 Å². The molecule has 1 aliphatic carbocycles. The van der Waals surface area contributed by atoms with E-state index in [4.69, 9.17) is 16.7 Å². The molecule has 0 aliphatic heterocycles. The van der Waals surface area contributed by atoms with E-state index in [1.807, 2.05) is 0 Å². The van der Waals surface area contributed by atoms with Crippen molar-refractivity contribution < 1.29 is 18.7 Å². The number of rotatable bonds is 5. The fourth-order valence-electron chi connectivity index (χ4n) is 2.61. The maximum Gasteiger partial charge on any atom is 0.306 e. The lowest BCUT2D eigenvalue weighted by Crippen LogP contribution is -2.40. The van der Waals surface area contributed by atoms with Crippen LogP contribution in [0, 0.1) is 5.92 Å². The van der Waals surface area contributed by atoms with Crippen LogP contribution < -0.4 is 5.32 Å². The summed E-state index contributed by atoms with van der Waals surface area (Å²) in [6, 6.07) is 5.50. The minimum atomic E-state index is -2.96. The van der Waals surface area contributed by atoms with E-state index < -0.39 is 18.4 Å². The van der Waals surface area contributed by atoms with Crippen LogP contribution in [0.15, 0.2) is 24.3 Å². The Morgan fingerprint density at radius 2 is 1.81 bits per heavy atom. The highest BCUT2D eigenvalue weighted by atomic mass is 35.5. The first-order chi connectivity index (χ1) is 9.88. The molecule has 0 heterocycles. The molecule has 6 heteroatoms. The SMILES string of the molecule is O=C(O)C1CCC(NCC(F)(F)c2ccc(Cl)cc2)CC1. The van der Waals surface area contributed by atoms with Crippen molar-refractivity contribution in [3.8, 4) is 0 Å². The standard InChI is InChI=1S/C15H18ClF2NO2/c16-12-5-3-11(4-6-12)15(17,18)9-19-13-7-1-10(2-8-13)14(20)21/h3-6,10,13,19H,1-2,7-9H2,(H,20,21). The number of carbonyl (C=O) groups is 1. The van der Waals surface area contributed by atoms with Gasteiger partial charge in [0.2, 0.25) is 0 Å². The lowest BCUT2D eigenvalue weighted by molar-refractivity contribution is -0.142. The van der Waals surface area contributed by atoms with Gasteiger partial charge in [0, 0.05) is 16.6 Å². The first-order valence-electron chi connectivity index (χ1n) is 6.98. The van der Waals surface area contributed by atoms with Gasteiger partial charge in [-0.25, -0.2) is 0 Å². The average Bonchev–Trinajstić information content (AvgIpc) is 2.46. The number of halogens is 3. The van der Waals surface area contributed by atoms with Gasteiger partial charge in [-0.2, -0.15) is 8.78 Å². The predicted molar refractivity (Wildman–Crippen MR) is 76.7 cm³/mol. The van der Waals surface area contributed by atoms with Gasteiger partial charge in [0.05, 0.1) is 12.5 Å². The van der Waals surface area contributed by atoms with E-state index in [0.717, 1.165) is 0 Å². The Hall–Kier alpha value is -1.20. The van der Waals surface area contributed by atoms with Gasteiger partial charge in [0.1, 0.15) is 0 Å². The van der Waals surface area contributed by atoms with Crippen molar-refractivity contribution in [3.63, 3.8) is 0 Å². The molecule has 1 aromatic rings. The lowest BCUT2D eigenvalue weighted by atomic mass is 9.86. The molecule has 0 saturated heterocycles. The summed E-state index contributed by atoms with van der Waals surface area (Å²) in [6.07, 6.45) is 2.32. The molecule has 1 aliphatic rings. The van der Waals surface area contributed by atoms with Gasteiger partial charge in [0.25, 0.3) is 5.92 Å². The number of carboxylic acid groups (broad SMARTS) is 1. The number of benzene rings is 1. The first-order valence-corrected chi connectivity index (χ1v) is 7.36. The van der Waals surface area contributed by atoms with Gasteiger partial charge >= 0.3 is 5.97 Å². The lowest BCUT2D eigenvalue weighted by Gasteiger charge is -2.28. The molecule has 1 fully saturated rings. The van der Waals surface area contributed by atoms with Crippen LogP contribution in [0.2, 0.25) is 5.02 Å². The fourth-order valence-corrected chi connectivity index (χ4v) is 2.74. The molecule has 0 amide bonds. The van der Waals surface area contributed by atoms with Crippen molar-refractivity contribution in [1.29, 1.82) is 0 Å². The number of hydrogen-bond acceptors (Lipinski definition) is 2. The monoisotopic (exact) mass is 317 g/mol. The zero-order chi connectivity index (χ0) is 15.5. The van der Waals surface area contributed by atoms with Gasteiger partial charge in [-0.3, -0.25) is 4.79 Å². The minimum absolute atomic E-state index is 0.0428. The second-order valence-corrected chi connectivity index (χ2v) is 5.92. The summed E-state index contributed by atoms with van der Waals surface area (Å²) in [5, 5.41) is 12.2. The molecule has 2 rings (SSSR count). The van der Waals surface area contributed by atoms with Gasteiger partial charge in [-0.05, 0) is 37.8 Å². The molecule has 1 saturated carbocycles. The highest BCUT2D eigenvalue weighted by molar-refractivity contribution is 6.30. The smallest absolute Gasteiger partial charge is 0.306 e. The van der Waals surface area contributed by atoms with E-state index >= 15 is 0 Å². The number of nitrogens with one attached hydrogen (secondary N) is 1. The molecule has 116 valence electrons. The molecule has 3 nitrogen and oxygen atoms in total. The van der Waals surface area contributed by atoms with Crippen LogP contribution in [0.5, 0.6) is 0 Å². The Bertz CT molecular complexity index is 485. The number of aliphatic carboxylic acids is 1. The van der Waals surface area contributed by atoms with Crippen molar-refractivity contribution in [3.05, 3.63) is 34.9 Å². The summed E-state index contributed by atoms with van der Waals surface area (Å²) in [6.45, 7) is -0.447. The highest BCUT2D eigenvalue weighted by Gasteiger charge is 2.33. The van der Waals surface area contributed by atoms with Crippen LogP contribution in [0.1, 0.15) is 31.2 Å². The van der Waals surface area contributed by atoms with Gasteiger partial charge < -0.3 is 10.4 Å². The van der Waals surface area contributed by atoms with Gasteiger partial charge in [0.15, 0.2) is 0 Å². The Morgan fingerprint density at radius 1 is 1.24 bits per heavy atom. The summed E-state index contributed by atoms with van der Waals surface area (Å²) < 4.78 is 28.1. The minimum Gasteiger partial charge on any atom is -0.481 e. The highest BCUT2D eigenvalue weighted by Crippen LogP contribution is 2.30. The van der Waals surface area contributed by atoms with Crippen LogP contribution in [0.4, 0.5) is 8.78 Å². The number of carboxylic acids is 1. The molecular formula is C15H18ClF2NO2. The zero-order valence-corrected chi connectivity index (χ0v) is 12.2. The fraction of sp³-hybridized carbons (Fsp3) is 0.533. The zero-order valence-electron chi connectivity index (χ0n) is 11.5. The quantitative estimate of drug-likeness (QED) is 0.871. The normalized spacial score (nSPS) is 23.0. The number of alkyl halides is 2. The molecule has 1 aromatic carbocycles. The average molecular weight is 318 g/mol. The molecule has 0 atom stereocenters. The molecule has 2 N–H and O–H groups in total. The van der Waals surface area contributed by atoms with Crippen LogP contribution in [0.25, 0.3) is 0 Å². The molecule has 0 bridgehead atoms. The Labute approximate surface area is 127 Å². The topological polar surface area (TPSA) is 49.3 Å². The van der Waals surface area contributed by atoms with E-state index in [1.54, 1.807) is 0 Å². The van der Waals surface area contributed by atoms with E-state index in [0.29, 0.717) is 30.7 Å². The van der Waals surface area contributed by atoms with Crippen molar-refractivity contribution in [2.24, 2.45) is 5.92 Å². The first kappa shape index (κ1) is 16.2.